The first-order valence-electron chi connectivity index (χ1n) is 5.39. The zero-order valence-corrected chi connectivity index (χ0v) is 12.3. The number of hydrogen-bond donors (Lipinski definition) is 3. The standard InChI is InChI=1S/C11H11Cl3N2O4/c12-6-3-8(14)9(4-7(6)13)16-11(19)15-1-2-20-5-10(17)18/h3-4H,1-2,5H2,(H,17,18)(H2,15,16,19). The molecule has 1 aromatic rings. The van der Waals surface area contributed by atoms with Gasteiger partial charge in [0.25, 0.3) is 0 Å². The van der Waals surface area contributed by atoms with Crippen molar-refractivity contribution in [2.45, 2.75) is 0 Å². The van der Waals surface area contributed by atoms with Gasteiger partial charge in [-0.2, -0.15) is 0 Å². The number of benzene rings is 1. The Labute approximate surface area is 129 Å². The van der Waals surface area contributed by atoms with Crippen molar-refractivity contribution >= 4 is 52.5 Å². The van der Waals surface area contributed by atoms with E-state index in [0.717, 1.165) is 0 Å². The number of nitrogens with one attached hydrogen (secondary N) is 2. The van der Waals surface area contributed by atoms with Crippen molar-refractivity contribution in [2.24, 2.45) is 0 Å². The molecule has 3 N–H and O–H groups in total. The Morgan fingerprint density at radius 1 is 1.15 bits per heavy atom. The summed E-state index contributed by atoms with van der Waals surface area (Å²) in [6, 6.07) is 2.31. The first-order valence-corrected chi connectivity index (χ1v) is 6.52. The first kappa shape index (κ1) is 16.8. The number of urea groups is 1. The van der Waals surface area contributed by atoms with Crippen LogP contribution in [0.4, 0.5) is 10.5 Å². The van der Waals surface area contributed by atoms with Crippen molar-refractivity contribution < 1.29 is 19.4 Å². The lowest BCUT2D eigenvalue weighted by Gasteiger charge is -2.10. The summed E-state index contributed by atoms with van der Waals surface area (Å²) in [7, 11) is 0. The predicted octanol–water partition coefficient (Wildman–Crippen LogP) is 2.87. The highest BCUT2D eigenvalue weighted by Crippen LogP contribution is 2.32. The van der Waals surface area contributed by atoms with Crippen molar-refractivity contribution in [3.8, 4) is 0 Å². The van der Waals surface area contributed by atoms with Crippen molar-refractivity contribution in [3.63, 3.8) is 0 Å². The number of carbonyl (C=O) groups is 2. The van der Waals surface area contributed by atoms with Gasteiger partial charge in [-0.15, -0.1) is 0 Å². The highest BCUT2D eigenvalue weighted by Gasteiger charge is 2.09. The number of carboxylic acid groups (broad SMARTS) is 1. The van der Waals surface area contributed by atoms with Crippen LogP contribution in [-0.2, 0) is 9.53 Å². The third kappa shape index (κ3) is 5.83. The smallest absolute Gasteiger partial charge is 0.329 e. The second kappa shape index (κ2) is 8.16. The van der Waals surface area contributed by atoms with Gasteiger partial charge in [-0.25, -0.2) is 9.59 Å². The molecule has 0 saturated carbocycles. The number of anilines is 1. The second-order valence-electron chi connectivity index (χ2n) is 3.57. The van der Waals surface area contributed by atoms with Gasteiger partial charge in [-0.05, 0) is 12.1 Å². The van der Waals surface area contributed by atoms with Gasteiger partial charge in [0.05, 0.1) is 27.4 Å². The number of carbonyl (C=O) groups excluding carboxylic acids is 1. The minimum Gasteiger partial charge on any atom is -0.480 e. The molecule has 20 heavy (non-hydrogen) atoms. The topological polar surface area (TPSA) is 87.7 Å². The average Bonchev–Trinajstić information content (AvgIpc) is 2.35. The number of ether oxygens (including phenoxy) is 1. The number of carboxylic acids is 1. The highest BCUT2D eigenvalue weighted by atomic mass is 35.5. The molecule has 1 rings (SSSR count). The Kier molecular flexibility index (Phi) is 6.87. The Hall–Kier alpha value is -1.21. The Balaban J connectivity index is 2.39. The largest absolute Gasteiger partial charge is 0.480 e. The molecule has 6 nitrogen and oxygen atoms in total. The van der Waals surface area contributed by atoms with Crippen molar-refractivity contribution in [1.82, 2.24) is 5.32 Å². The zero-order chi connectivity index (χ0) is 15.1. The molecule has 2 amide bonds. The minimum atomic E-state index is -1.07. The second-order valence-corrected chi connectivity index (χ2v) is 4.79. The maximum Gasteiger partial charge on any atom is 0.329 e. The van der Waals surface area contributed by atoms with Crippen molar-refractivity contribution in [3.05, 3.63) is 27.2 Å². The number of aliphatic carboxylic acids is 1. The van der Waals surface area contributed by atoms with Crippen LogP contribution in [0, 0.1) is 0 Å². The SMILES string of the molecule is O=C(O)COCCNC(=O)Nc1cc(Cl)c(Cl)cc1Cl. The highest BCUT2D eigenvalue weighted by molar-refractivity contribution is 6.44. The molecule has 0 fully saturated rings. The summed E-state index contributed by atoms with van der Waals surface area (Å²) in [5.74, 6) is -1.07. The molecule has 0 aromatic heterocycles. The summed E-state index contributed by atoms with van der Waals surface area (Å²) in [5.41, 5.74) is 0.310. The molecule has 0 heterocycles. The van der Waals surface area contributed by atoms with Crippen LogP contribution in [0.15, 0.2) is 12.1 Å². The molecule has 0 saturated heterocycles. The molecular formula is C11H11Cl3N2O4. The molecule has 0 radical (unpaired) electrons. The lowest BCUT2D eigenvalue weighted by atomic mass is 10.3. The summed E-state index contributed by atoms with van der Waals surface area (Å²) in [6.45, 7) is -0.186. The molecule has 0 spiro atoms. The number of halogens is 3. The van der Waals surface area contributed by atoms with Gasteiger partial charge < -0.3 is 20.5 Å². The summed E-state index contributed by atoms with van der Waals surface area (Å²) < 4.78 is 4.75. The third-order valence-corrected chi connectivity index (χ3v) is 3.05. The van der Waals surface area contributed by atoms with Crippen molar-refractivity contribution in [1.29, 1.82) is 0 Å². The third-order valence-electron chi connectivity index (χ3n) is 2.02. The molecule has 0 atom stereocenters. The van der Waals surface area contributed by atoms with E-state index in [1.165, 1.54) is 12.1 Å². The van der Waals surface area contributed by atoms with E-state index in [1.54, 1.807) is 0 Å². The lowest BCUT2D eigenvalue weighted by molar-refractivity contribution is -0.142. The van der Waals surface area contributed by atoms with Gasteiger partial charge in [0, 0.05) is 6.54 Å². The molecule has 1 aromatic carbocycles. The summed E-state index contributed by atoms with van der Waals surface area (Å²) in [6.07, 6.45) is 0. The monoisotopic (exact) mass is 340 g/mol. The van der Waals surface area contributed by atoms with E-state index in [4.69, 9.17) is 44.6 Å². The van der Waals surface area contributed by atoms with E-state index in [0.29, 0.717) is 5.69 Å². The first-order chi connectivity index (χ1) is 9.40. The Morgan fingerprint density at radius 2 is 1.80 bits per heavy atom. The van der Waals surface area contributed by atoms with E-state index in [-0.39, 0.29) is 28.2 Å². The fourth-order valence-corrected chi connectivity index (χ4v) is 1.78. The molecule has 110 valence electrons. The number of hydrogen-bond acceptors (Lipinski definition) is 3. The maximum absolute atomic E-state index is 11.5. The van der Waals surface area contributed by atoms with Crippen molar-refractivity contribution in [2.75, 3.05) is 25.1 Å². The molecule has 0 aliphatic rings. The van der Waals surface area contributed by atoms with Gasteiger partial charge in [0.15, 0.2) is 0 Å². The van der Waals surface area contributed by atoms with Crippen LogP contribution in [0.3, 0.4) is 0 Å². The fourth-order valence-electron chi connectivity index (χ4n) is 1.18. The van der Waals surface area contributed by atoms with Crippen LogP contribution in [0.25, 0.3) is 0 Å². The fraction of sp³-hybridized carbons (Fsp3) is 0.273. The van der Waals surface area contributed by atoms with Crippen LogP contribution >= 0.6 is 34.8 Å². The van der Waals surface area contributed by atoms with Gasteiger partial charge in [-0.3, -0.25) is 0 Å². The molecular weight excluding hydrogens is 330 g/mol. The van der Waals surface area contributed by atoms with E-state index >= 15 is 0 Å². The Morgan fingerprint density at radius 3 is 2.45 bits per heavy atom. The van der Waals surface area contributed by atoms with Crippen LogP contribution in [0.2, 0.25) is 15.1 Å². The van der Waals surface area contributed by atoms with E-state index in [1.807, 2.05) is 0 Å². The van der Waals surface area contributed by atoms with Crippen LogP contribution < -0.4 is 10.6 Å². The number of amides is 2. The average molecular weight is 342 g/mol. The summed E-state index contributed by atoms with van der Waals surface area (Å²) in [5, 5.41) is 14.1. The van der Waals surface area contributed by atoms with Gasteiger partial charge in [0.2, 0.25) is 0 Å². The van der Waals surface area contributed by atoms with Gasteiger partial charge in [0.1, 0.15) is 6.61 Å². The van der Waals surface area contributed by atoms with Crippen LogP contribution in [0.1, 0.15) is 0 Å². The molecule has 9 heteroatoms. The summed E-state index contributed by atoms with van der Waals surface area (Å²) in [4.78, 5) is 21.7. The molecule has 0 bridgehead atoms. The predicted molar refractivity (Wildman–Crippen MR) is 76.9 cm³/mol. The van der Waals surface area contributed by atoms with E-state index in [9.17, 15) is 9.59 Å². The van der Waals surface area contributed by atoms with E-state index in [2.05, 4.69) is 10.6 Å². The Bertz CT molecular complexity index is 511. The summed E-state index contributed by atoms with van der Waals surface area (Å²) >= 11 is 17.5. The van der Waals surface area contributed by atoms with Crippen LogP contribution in [-0.4, -0.2) is 36.9 Å². The molecule has 0 unspecified atom stereocenters. The normalized spacial score (nSPS) is 10.2. The quantitative estimate of drug-likeness (QED) is 0.548. The van der Waals surface area contributed by atoms with Gasteiger partial charge >= 0.3 is 12.0 Å². The maximum atomic E-state index is 11.5. The van der Waals surface area contributed by atoms with Crippen LogP contribution in [0.5, 0.6) is 0 Å². The minimum absolute atomic E-state index is 0.0782. The molecule has 0 aliphatic heterocycles. The number of rotatable bonds is 6. The van der Waals surface area contributed by atoms with E-state index < -0.39 is 18.6 Å². The zero-order valence-electron chi connectivity index (χ0n) is 10.1. The molecule has 0 aliphatic carbocycles. The van der Waals surface area contributed by atoms with Gasteiger partial charge in [-0.1, -0.05) is 34.8 Å². The lowest BCUT2D eigenvalue weighted by Crippen LogP contribution is -2.32.